The van der Waals surface area contributed by atoms with Crippen molar-refractivity contribution in [3.63, 3.8) is 0 Å². The summed E-state index contributed by atoms with van der Waals surface area (Å²) in [6.07, 6.45) is 0. The lowest BCUT2D eigenvalue weighted by Gasteiger charge is -2.29. The largest absolute Gasteiger partial charge is 0.478 e. The van der Waals surface area contributed by atoms with Crippen LogP contribution in [0.5, 0.6) is 0 Å². The van der Waals surface area contributed by atoms with Gasteiger partial charge < -0.3 is 10.0 Å². The van der Waals surface area contributed by atoms with Gasteiger partial charge in [0.15, 0.2) is 0 Å². The number of fused-ring (bicyclic) bond motifs is 1. The van der Waals surface area contributed by atoms with E-state index < -0.39 is 5.97 Å². The predicted molar refractivity (Wildman–Crippen MR) is 129 cm³/mol. The van der Waals surface area contributed by atoms with E-state index in [0.717, 1.165) is 17.1 Å². The second-order valence-electron chi connectivity index (χ2n) is 8.99. The summed E-state index contributed by atoms with van der Waals surface area (Å²) < 4.78 is 0. The minimum Gasteiger partial charge on any atom is -0.478 e. The van der Waals surface area contributed by atoms with Crippen molar-refractivity contribution in [3.8, 4) is 0 Å². The van der Waals surface area contributed by atoms with Crippen molar-refractivity contribution in [2.45, 2.75) is 33.1 Å². The summed E-state index contributed by atoms with van der Waals surface area (Å²) in [6, 6.07) is 28.4. The quantitative estimate of drug-likeness (QED) is 0.377. The summed E-state index contributed by atoms with van der Waals surface area (Å²) >= 11 is 0. The fraction of sp³-hybridized carbons (Fsp3) is 0.179. The summed E-state index contributed by atoms with van der Waals surface area (Å²) in [5, 5.41) is 11.7. The lowest BCUT2D eigenvalue weighted by atomic mass is 9.83. The van der Waals surface area contributed by atoms with E-state index in [0.29, 0.717) is 0 Å². The predicted octanol–water partition coefficient (Wildman–Crippen LogP) is 7.61. The third-order valence-electron chi connectivity index (χ3n) is 5.58. The average Bonchev–Trinajstić information content (AvgIpc) is 2.74. The molecule has 0 amide bonds. The Bertz CT molecular complexity index is 1230. The van der Waals surface area contributed by atoms with Gasteiger partial charge in [0.05, 0.1) is 5.56 Å². The fourth-order valence-corrected chi connectivity index (χ4v) is 3.94. The fourth-order valence-electron chi connectivity index (χ4n) is 3.94. The summed E-state index contributed by atoms with van der Waals surface area (Å²) in [7, 11) is 0. The number of aromatic carboxylic acids is 1. The van der Waals surface area contributed by atoms with E-state index in [9.17, 15) is 9.90 Å². The van der Waals surface area contributed by atoms with Crippen molar-refractivity contribution in [2.24, 2.45) is 0 Å². The first-order valence-corrected chi connectivity index (χ1v) is 10.5. The smallest absolute Gasteiger partial charge is 0.335 e. The van der Waals surface area contributed by atoms with E-state index in [2.05, 4.69) is 93.3 Å². The molecule has 156 valence electrons. The van der Waals surface area contributed by atoms with Crippen molar-refractivity contribution in [3.05, 3.63) is 102 Å². The van der Waals surface area contributed by atoms with Crippen molar-refractivity contribution < 1.29 is 9.90 Å². The molecule has 4 aromatic rings. The van der Waals surface area contributed by atoms with Crippen LogP contribution in [-0.2, 0) is 5.41 Å². The standard InChI is InChI=1S/C28H27NO2/c1-19-9-13-22(14-10-19)29(23-15-11-20(12-16-23)27(30)31)24-17-21-7-5-6-8-25(21)26(18-24)28(2,3)4/h5-18H,1-4H3,(H,30,31). The Labute approximate surface area is 183 Å². The lowest BCUT2D eigenvalue weighted by Crippen LogP contribution is -2.15. The summed E-state index contributed by atoms with van der Waals surface area (Å²) in [4.78, 5) is 13.5. The van der Waals surface area contributed by atoms with Gasteiger partial charge >= 0.3 is 5.97 Å². The number of aryl methyl sites for hydroxylation is 1. The number of carboxylic acid groups (broad SMARTS) is 1. The number of benzene rings is 4. The summed E-state index contributed by atoms with van der Waals surface area (Å²) in [5.74, 6) is -0.922. The van der Waals surface area contributed by atoms with Gasteiger partial charge in [-0.2, -0.15) is 0 Å². The molecule has 3 nitrogen and oxygen atoms in total. The molecule has 0 saturated carbocycles. The maximum Gasteiger partial charge on any atom is 0.335 e. The van der Waals surface area contributed by atoms with E-state index in [1.165, 1.54) is 21.9 Å². The van der Waals surface area contributed by atoms with Gasteiger partial charge in [0.25, 0.3) is 0 Å². The maximum absolute atomic E-state index is 11.3. The zero-order chi connectivity index (χ0) is 22.2. The number of rotatable bonds is 4. The molecule has 0 heterocycles. The molecule has 31 heavy (non-hydrogen) atoms. The minimum absolute atomic E-state index is 0.0261. The summed E-state index contributed by atoms with van der Waals surface area (Å²) in [6.45, 7) is 8.77. The maximum atomic E-state index is 11.3. The van der Waals surface area contributed by atoms with Crippen LogP contribution in [0.3, 0.4) is 0 Å². The van der Waals surface area contributed by atoms with Crippen molar-refractivity contribution in [2.75, 3.05) is 4.90 Å². The molecule has 0 radical (unpaired) electrons. The molecule has 1 N–H and O–H groups in total. The molecule has 4 rings (SSSR count). The van der Waals surface area contributed by atoms with Gasteiger partial charge in [0, 0.05) is 17.1 Å². The first-order valence-electron chi connectivity index (χ1n) is 10.5. The Morgan fingerprint density at radius 3 is 1.94 bits per heavy atom. The Hall–Kier alpha value is -3.59. The zero-order valence-electron chi connectivity index (χ0n) is 18.4. The monoisotopic (exact) mass is 409 g/mol. The molecular weight excluding hydrogens is 382 g/mol. The molecule has 0 spiro atoms. The molecule has 0 unspecified atom stereocenters. The van der Waals surface area contributed by atoms with Crippen LogP contribution in [0.1, 0.15) is 42.3 Å². The number of hydrogen-bond acceptors (Lipinski definition) is 2. The highest BCUT2D eigenvalue weighted by atomic mass is 16.4. The molecule has 0 aromatic heterocycles. The van der Waals surface area contributed by atoms with Crippen LogP contribution < -0.4 is 4.90 Å². The Balaban J connectivity index is 1.96. The van der Waals surface area contributed by atoms with Gasteiger partial charge in [-0.3, -0.25) is 0 Å². The van der Waals surface area contributed by atoms with Gasteiger partial charge in [-0.1, -0.05) is 62.7 Å². The van der Waals surface area contributed by atoms with Crippen LogP contribution in [-0.4, -0.2) is 11.1 Å². The molecule has 0 bridgehead atoms. The highest BCUT2D eigenvalue weighted by molar-refractivity contribution is 5.93. The van der Waals surface area contributed by atoms with E-state index in [-0.39, 0.29) is 11.0 Å². The van der Waals surface area contributed by atoms with Gasteiger partial charge in [-0.25, -0.2) is 4.79 Å². The van der Waals surface area contributed by atoms with Crippen molar-refractivity contribution >= 4 is 33.8 Å². The van der Waals surface area contributed by atoms with Crippen LogP contribution in [0.2, 0.25) is 0 Å². The molecule has 0 atom stereocenters. The molecule has 0 fully saturated rings. The Morgan fingerprint density at radius 1 is 0.774 bits per heavy atom. The second kappa shape index (κ2) is 7.92. The lowest BCUT2D eigenvalue weighted by molar-refractivity contribution is 0.0697. The molecule has 0 aliphatic rings. The highest BCUT2D eigenvalue weighted by Gasteiger charge is 2.21. The molecule has 0 aliphatic heterocycles. The van der Waals surface area contributed by atoms with Gasteiger partial charge in [0.2, 0.25) is 0 Å². The van der Waals surface area contributed by atoms with Crippen LogP contribution in [0, 0.1) is 6.92 Å². The third kappa shape index (κ3) is 4.17. The van der Waals surface area contributed by atoms with Crippen LogP contribution in [0.15, 0.2) is 84.9 Å². The molecule has 3 heteroatoms. The van der Waals surface area contributed by atoms with E-state index in [4.69, 9.17) is 0 Å². The van der Waals surface area contributed by atoms with Gasteiger partial charge in [0.1, 0.15) is 0 Å². The number of carboxylic acids is 1. The van der Waals surface area contributed by atoms with E-state index >= 15 is 0 Å². The van der Waals surface area contributed by atoms with Gasteiger partial charge in [-0.05, 0) is 77.2 Å². The Morgan fingerprint density at radius 2 is 1.35 bits per heavy atom. The molecule has 4 aromatic carbocycles. The van der Waals surface area contributed by atoms with E-state index in [1.807, 2.05) is 12.1 Å². The molecule has 0 aliphatic carbocycles. The second-order valence-corrected chi connectivity index (χ2v) is 8.99. The van der Waals surface area contributed by atoms with Crippen LogP contribution in [0.4, 0.5) is 17.1 Å². The summed E-state index contributed by atoms with van der Waals surface area (Å²) in [5.41, 5.74) is 5.73. The first kappa shape index (κ1) is 20.7. The van der Waals surface area contributed by atoms with Crippen molar-refractivity contribution in [1.29, 1.82) is 0 Å². The number of carbonyl (C=O) groups is 1. The molecule has 0 saturated heterocycles. The SMILES string of the molecule is Cc1ccc(N(c2ccc(C(=O)O)cc2)c2cc(C(C)(C)C)c3ccccc3c2)cc1. The average molecular weight is 410 g/mol. The van der Waals surface area contributed by atoms with Crippen LogP contribution >= 0.6 is 0 Å². The topological polar surface area (TPSA) is 40.5 Å². The van der Waals surface area contributed by atoms with E-state index in [1.54, 1.807) is 12.1 Å². The first-order chi connectivity index (χ1) is 14.7. The third-order valence-corrected chi connectivity index (χ3v) is 5.58. The normalized spacial score (nSPS) is 11.5. The highest BCUT2D eigenvalue weighted by Crippen LogP contribution is 2.40. The molecular formula is C28H27NO2. The number of nitrogens with zero attached hydrogens (tertiary/aromatic N) is 1. The minimum atomic E-state index is -0.922. The number of hydrogen-bond donors (Lipinski definition) is 1. The Kier molecular flexibility index (Phi) is 5.28. The van der Waals surface area contributed by atoms with Crippen molar-refractivity contribution in [1.82, 2.24) is 0 Å². The zero-order valence-corrected chi connectivity index (χ0v) is 18.4. The van der Waals surface area contributed by atoms with Gasteiger partial charge in [-0.15, -0.1) is 0 Å². The van der Waals surface area contributed by atoms with Crippen LogP contribution in [0.25, 0.3) is 10.8 Å². The number of anilines is 3.